The molecule has 9 heteroatoms. The normalized spacial score (nSPS) is 12.9. The van der Waals surface area contributed by atoms with E-state index in [0.717, 1.165) is 0 Å². The van der Waals surface area contributed by atoms with E-state index in [1.807, 2.05) is 20.8 Å². The van der Waals surface area contributed by atoms with E-state index in [1.54, 1.807) is 0 Å². The largest absolute Gasteiger partial charge is 0.678 e. The van der Waals surface area contributed by atoms with Crippen molar-refractivity contribution in [2.75, 3.05) is 47.8 Å². The molecule has 122 valence electrons. The molecule has 0 heterocycles. The average molecular weight is 329 g/mol. The van der Waals surface area contributed by atoms with E-state index in [1.165, 1.54) is 21.3 Å². The minimum absolute atomic E-state index is 0.327. The molecule has 0 atom stereocenters. The summed E-state index contributed by atoms with van der Waals surface area (Å²) in [5, 5.41) is 0. The van der Waals surface area contributed by atoms with Gasteiger partial charge in [-0.2, -0.15) is 0 Å². The highest BCUT2D eigenvalue weighted by atomic mass is 28.4. The first kappa shape index (κ1) is 20.2. The van der Waals surface area contributed by atoms with Crippen LogP contribution in [0.2, 0.25) is 6.04 Å². The molecular formula is C11H28O7Si2. The van der Waals surface area contributed by atoms with Crippen molar-refractivity contribution in [3.8, 4) is 0 Å². The Hall–Kier alpha value is 0.154. The Morgan fingerprint density at radius 3 is 1.35 bits per heavy atom. The second-order valence-electron chi connectivity index (χ2n) is 3.69. The van der Waals surface area contributed by atoms with Gasteiger partial charge in [-0.05, 0) is 20.8 Å². The predicted molar refractivity (Wildman–Crippen MR) is 78.2 cm³/mol. The summed E-state index contributed by atoms with van der Waals surface area (Å²) >= 11 is 0. The van der Waals surface area contributed by atoms with Gasteiger partial charge in [0.2, 0.25) is 0 Å². The summed E-state index contributed by atoms with van der Waals surface area (Å²) in [4.78, 5) is 0. The third-order valence-corrected chi connectivity index (χ3v) is 7.59. The lowest BCUT2D eigenvalue weighted by molar-refractivity contribution is 0.00362. The van der Waals surface area contributed by atoms with Gasteiger partial charge in [0.05, 0.1) is 0 Å². The van der Waals surface area contributed by atoms with Gasteiger partial charge in [-0.15, -0.1) is 0 Å². The molecule has 0 aliphatic carbocycles. The van der Waals surface area contributed by atoms with E-state index >= 15 is 0 Å². The predicted octanol–water partition coefficient (Wildman–Crippen LogP) is 1.43. The maximum absolute atomic E-state index is 5.73. The molecule has 0 radical (unpaired) electrons. The summed E-state index contributed by atoms with van der Waals surface area (Å²) in [7, 11) is -1.24. The molecule has 0 unspecified atom stereocenters. The van der Waals surface area contributed by atoms with Crippen LogP contribution in [0.1, 0.15) is 20.8 Å². The maximum atomic E-state index is 5.73. The smallest absolute Gasteiger partial charge is 0.374 e. The van der Waals surface area contributed by atoms with E-state index in [-0.39, 0.29) is 0 Å². The van der Waals surface area contributed by atoms with Gasteiger partial charge >= 0.3 is 17.9 Å². The third kappa shape index (κ3) is 6.28. The maximum Gasteiger partial charge on any atom is 0.678 e. The Bertz CT molecular complexity index is 214. The SMILES string of the molecule is CCO[Si](CCO[Si](OC)(OC)OC)(OCC)OCC. The molecule has 0 aromatic heterocycles. The average Bonchev–Trinajstić information content (AvgIpc) is 2.45. The van der Waals surface area contributed by atoms with Crippen molar-refractivity contribution in [3.63, 3.8) is 0 Å². The summed E-state index contributed by atoms with van der Waals surface area (Å²) in [5.41, 5.74) is 0. The van der Waals surface area contributed by atoms with Crippen LogP contribution in [0.15, 0.2) is 0 Å². The van der Waals surface area contributed by atoms with Crippen molar-refractivity contribution in [1.82, 2.24) is 0 Å². The van der Waals surface area contributed by atoms with Crippen molar-refractivity contribution in [1.29, 1.82) is 0 Å². The van der Waals surface area contributed by atoms with Gasteiger partial charge in [0.1, 0.15) is 0 Å². The lowest BCUT2D eigenvalue weighted by Crippen LogP contribution is -2.50. The van der Waals surface area contributed by atoms with Gasteiger partial charge in [0.25, 0.3) is 0 Å². The fourth-order valence-electron chi connectivity index (χ4n) is 1.73. The Morgan fingerprint density at radius 1 is 0.650 bits per heavy atom. The molecule has 0 saturated heterocycles. The molecule has 0 fully saturated rings. The molecule has 0 amide bonds. The molecule has 0 spiro atoms. The molecule has 0 N–H and O–H groups in total. The highest BCUT2D eigenvalue weighted by Gasteiger charge is 2.45. The van der Waals surface area contributed by atoms with Gasteiger partial charge in [0, 0.05) is 53.8 Å². The topological polar surface area (TPSA) is 64.6 Å². The van der Waals surface area contributed by atoms with Gasteiger partial charge in [-0.25, -0.2) is 0 Å². The first-order chi connectivity index (χ1) is 9.57. The fourth-order valence-corrected chi connectivity index (χ4v) is 5.49. The zero-order chi connectivity index (χ0) is 15.5. The Labute approximate surface area is 124 Å². The molecule has 0 aromatic rings. The highest BCUT2D eigenvalue weighted by molar-refractivity contribution is 6.61. The van der Waals surface area contributed by atoms with Crippen molar-refractivity contribution < 1.29 is 31.0 Å². The van der Waals surface area contributed by atoms with Gasteiger partial charge in [-0.1, -0.05) is 0 Å². The second-order valence-corrected chi connectivity index (χ2v) is 8.94. The van der Waals surface area contributed by atoms with Crippen molar-refractivity contribution in [3.05, 3.63) is 0 Å². The minimum atomic E-state index is -3.03. The van der Waals surface area contributed by atoms with Crippen LogP contribution in [-0.2, 0) is 31.0 Å². The first-order valence-corrected chi connectivity index (χ1v) is 10.3. The number of hydrogen-bond acceptors (Lipinski definition) is 7. The number of rotatable bonds is 13. The molecule has 0 rings (SSSR count). The van der Waals surface area contributed by atoms with Crippen LogP contribution in [0.4, 0.5) is 0 Å². The summed E-state index contributed by atoms with van der Waals surface area (Å²) in [6.07, 6.45) is 0. The zero-order valence-corrected chi connectivity index (χ0v) is 15.4. The van der Waals surface area contributed by atoms with E-state index in [4.69, 9.17) is 31.0 Å². The summed E-state index contributed by atoms with van der Waals surface area (Å²) in [6, 6.07) is 0.521. The van der Waals surface area contributed by atoms with Gasteiger partial charge < -0.3 is 31.0 Å². The van der Waals surface area contributed by atoms with Crippen LogP contribution < -0.4 is 0 Å². The summed E-state index contributed by atoms with van der Waals surface area (Å²) in [5.74, 6) is 0. The number of hydrogen-bond donors (Lipinski definition) is 0. The third-order valence-electron chi connectivity index (χ3n) is 2.53. The molecule has 0 aliphatic rings. The molecule has 0 aromatic carbocycles. The zero-order valence-electron chi connectivity index (χ0n) is 13.4. The van der Waals surface area contributed by atoms with Crippen LogP contribution in [-0.4, -0.2) is 65.6 Å². The van der Waals surface area contributed by atoms with Gasteiger partial charge in [0.15, 0.2) is 0 Å². The molecule has 20 heavy (non-hydrogen) atoms. The van der Waals surface area contributed by atoms with E-state index < -0.39 is 17.9 Å². The van der Waals surface area contributed by atoms with Crippen LogP contribution in [0.5, 0.6) is 0 Å². The van der Waals surface area contributed by atoms with Crippen LogP contribution in [0, 0.1) is 0 Å². The molecule has 7 nitrogen and oxygen atoms in total. The van der Waals surface area contributed by atoms with Crippen LogP contribution in [0.25, 0.3) is 0 Å². The molecular weight excluding hydrogens is 300 g/mol. The monoisotopic (exact) mass is 328 g/mol. The minimum Gasteiger partial charge on any atom is -0.374 e. The van der Waals surface area contributed by atoms with Crippen molar-refractivity contribution in [2.24, 2.45) is 0 Å². The van der Waals surface area contributed by atoms with Crippen LogP contribution in [0.3, 0.4) is 0 Å². The second kappa shape index (κ2) is 10.8. The van der Waals surface area contributed by atoms with Crippen LogP contribution >= 0.6 is 0 Å². The Morgan fingerprint density at radius 2 is 1.05 bits per heavy atom. The standard InChI is InChI=1S/C11H28O7Si2/c1-7-15-19(16-8-2,17-9-3)11-10-18-20(12-4,13-5)14-6/h7-11H2,1-6H3. The summed E-state index contributed by atoms with van der Waals surface area (Å²) < 4.78 is 38.4. The first-order valence-electron chi connectivity index (χ1n) is 6.78. The van der Waals surface area contributed by atoms with E-state index in [2.05, 4.69) is 0 Å². The fraction of sp³-hybridized carbons (Fsp3) is 1.00. The lowest BCUT2D eigenvalue weighted by Gasteiger charge is -2.29. The highest BCUT2D eigenvalue weighted by Crippen LogP contribution is 2.18. The van der Waals surface area contributed by atoms with Crippen molar-refractivity contribution in [2.45, 2.75) is 26.8 Å². The molecule has 0 aliphatic heterocycles. The van der Waals surface area contributed by atoms with Gasteiger partial charge in [-0.3, -0.25) is 0 Å². The van der Waals surface area contributed by atoms with E-state index in [0.29, 0.717) is 32.5 Å². The molecule has 0 saturated carbocycles. The summed E-state index contributed by atoms with van der Waals surface area (Å²) in [6.45, 7) is 7.68. The Balaban J connectivity index is 4.58. The lowest BCUT2D eigenvalue weighted by atomic mass is 10.9. The Kier molecular flexibility index (Phi) is 10.9. The van der Waals surface area contributed by atoms with Crippen molar-refractivity contribution >= 4 is 17.9 Å². The van der Waals surface area contributed by atoms with E-state index in [9.17, 15) is 0 Å². The molecule has 0 bridgehead atoms. The quantitative estimate of drug-likeness (QED) is 0.474.